The van der Waals surface area contributed by atoms with Gasteiger partial charge >= 0.3 is 0 Å². The summed E-state index contributed by atoms with van der Waals surface area (Å²) < 4.78 is 1.77. The zero-order valence-electron chi connectivity index (χ0n) is 10.7. The van der Waals surface area contributed by atoms with Crippen LogP contribution in [0, 0.1) is 6.92 Å². The molecule has 2 heterocycles. The molecular formula is C12H20ClN3S. The van der Waals surface area contributed by atoms with Crippen LogP contribution in [0.1, 0.15) is 24.6 Å². The van der Waals surface area contributed by atoms with E-state index in [4.69, 9.17) is 11.6 Å². The van der Waals surface area contributed by atoms with Gasteiger partial charge in [0.15, 0.2) is 0 Å². The van der Waals surface area contributed by atoms with Crippen molar-refractivity contribution in [2.75, 3.05) is 18.8 Å². The van der Waals surface area contributed by atoms with E-state index in [1.165, 1.54) is 24.3 Å². The highest BCUT2D eigenvalue weighted by atomic mass is 35.5. The summed E-state index contributed by atoms with van der Waals surface area (Å²) in [6.45, 7) is 7.58. The molecule has 1 aliphatic rings. The van der Waals surface area contributed by atoms with E-state index in [9.17, 15) is 0 Å². The van der Waals surface area contributed by atoms with Crippen molar-refractivity contribution in [3.63, 3.8) is 0 Å². The lowest BCUT2D eigenvalue weighted by Gasteiger charge is -2.31. The summed E-state index contributed by atoms with van der Waals surface area (Å²) in [6, 6.07) is 0. The van der Waals surface area contributed by atoms with Crippen LogP contribution in [0.5, 0.6) is 0 Å². The summed E-state index contributed by atoms with van der Waals surface area (Å²) in [5, 5.41) is 5.93. The molecule has 5 heteroatoms. The largest absolute Gasteiger partial charge is 0.297 e. The van der Waals surface area contributed by atoms with Crippen LogP contribution in [0.25, 0.3) is 0 Å². The van der Waals surface area contributed by atoms with E-state index in [0.29, 0.717) is 0 Å². The molecular weight excluding hydrogens is 254 g/mol. The fourth-order valence-corrected chi connectivity index (χ4v) is 3.73. The molecule has 96 valence electrons. The SMILES string of the molecule is CCC1CN(Cc2c(C)nn(C)c2Cl)CCS1. The first-order valence-electron chi connectivity index (χ1n) is 6.13. The molecule has 1 saturated heterocycles. The molecule has 1 aromatic heterocycles. The molecule has 1 aliphatic heterocycles. The highest BCUT2D eigenvalue weighted by Crippen LogP contribution is 2.25. The Morgan fingerprint density at radius 2 is 2.29 bits per heavy atom. The smallest absolute Gasteiger partial charge is 0.131 e. The average Bonchev–Trinajstić information content (AvgIpc) is 2.56. The summed E-state index contributed by atoms with van der Waals surface area (Å²) in [7, 11) is 1.90. The second kappa shape index (κ2) is 5.63. The molecule has 0 saturated carbocycles. The Morgan fingerprint density at radius 1 is 1.53 bits per heavy atom. The highest BCUT2D eigenvalue weighted by Gasteiger charge is 2.21. The first-order chi connectivity index (χ1) is 8.11. The molecule has 2 rings (SSSR count). The second-order valence-electron chi connectivity index (χ2n) is 4.61. The quantitative estimate of drug-likeness (QED) is 0.845. The third-order valence-corrected chi connectivity index (χ3v) is 5.17. The lowest BCUT2D eigenvalue weighted by atomic mass is 10.2. The number of hydrogen-bond acceptors (Lipinski definition) is 3. The van der Waals surface area contributed by atoms with Gasteiger partial charge in [-0.3, -0.25) is 9.58 Å². The van der Waals surface area contributed by atoms with E-state index >= 15 is 0 Å². The number of hydrogen-bond donors (Lipinski definition) is 0. The monoisotopic (exact) mass is 273 g/mol. The predicted molar refractivity (Wildman–Crippen MR) is 74.8 cm³/mol. The molecule has 0 aliphatic carbocycles. The molecule has 1 aromatic rings. The van der Waals surface area contributed by atoms with Gasteiger partial charge in [-0.25, -0.2) is 0 Å². The van der Waals surface area contributed by atoms with Gasteiger partial charge in [0.2, 0.25) is 0 Å². The van der Waals surface area contributed by atoms with Crippen LogP contribution in [0.2, 0.25) is 5.15 Å². The fraction of sp³-hybridized carbons (Fsp3) is 0.750. The maximum Gasteiger partial charge on any atom is 0.131 e. The van der Waals surface area contributed by atoms with E-state index in [1.54, 1.807) is 4.68 Å². The molecule has 1 atom stereocenters. The van der Waals surface area contributed by atoms with Crippen LogP contribution < -0.4 is 0 Å². The fourth-order valence-electron chi connectivity index (χ4n) is 2.25. The number of thioether (sulfide) groups is 1. The van der Waals surface area contributed by atoms with Gasteiger partial charge in [0.25, 0.3) is 0 Å². The van der Waals surface area contributed by atoms with Crippen molar-refractivity contribution in [2.45, 2.75) is 32.1 Å². The van der Waals surface area contributed by atoms with E-state index in [2.05, 4.69) is 28.7 Å². The van der Waals surface area contributed by atoms with Crippen molar-refractivity contribution in [1.82, 2.24) is 14.7 Å². The number of rotatable bonds is 3. The zero-order chi connectivity index (χ0) is 12.4. The van der Waals surface area contributed by atoms with Crippen molar-refractivity contribution in [3.8, 4) is 0 Å². The van der Waals surface area contributed by atoms with Crippen LogP contribution in [0.15, 0.2) is 0 Å². The molecule has 0 bridgehead atoms. The van der Waals surface area contributed by atoms with Crippen LogP contribution in [0.4, 0.5) is 0 Å². The second-order valence-corrected chi connectivity index (χ2v) is 6.38. The van der Waals surface area contributed by atoms with E-state index < -0.39 is 0 Å². The predicted octanol–water partition coefficient (Wildman–Crippen LogP) is 2.71. The summed E-state index contributed by atoms with van der Waals surface area (Å²) in [6.07, 6.45) is 1.25. The molecule has 3 nitrogen and oxygen atoms in total. The van der Waals surface area contributed by atoms with E-state index in [1.807, 2.05) is 14.0 Å². The molecule has 0 aromatic carbocycles. The number of aryl methyl sites for hydroxylation is 2. The van der Waals surface area contributed by atoms with Gasteiger partial charge in [0.1, 0.15) is 5.15 Å². The third kappa shape index (κ3) is 2.98. The lowest BCUT2D eigenvalue weighted by molar-refractivity contribution is 0.272. The molecule has 0 radical (unpaired) electrons. The minimum atomic E-state index is 0.777. The van der Waals surface area contributed by atoms with Gasteiger partial charge < -0.3 is 0 Å². The number of halogens is 1. The van der Waals surface area contributed by atoms with E-state index in [-0.39, 0.29) is 0 Å². The van der Waals surface area contributed by atoms with Crippen LogP contribution in [0.3, 0.4) is 0 Å². The van der Waals surface area contributed by atoms with Crippen molar-refractivity contribution >= 4 is 23.4 Å². The zero-order valence-corrected chi connectivity index (χ0v) is 12.3. The Morgan fingerprint density at radius 3 is 2.88 bits per heavy atom. The summed E-state index contributed by atoms with van der Waals surface area (Å²) >= 11 is 8.37. The maximum absolute atomic E-state index is 6.27. The molecule has 17 heavy (non-hydrogen) atoms. The van der Waals surface area contributed by atoms with E-state index in [0.717, 1.165) is 29.2 Å². The standard InChI is InChI=1S/C12H20ClN3S/c1-4-10-7-16(5-6-17-10)8-11-9(2)14-15(3)12(11)13/h10H,4-8H2,1-3H3. The van der Waals surface area contributed by atoms with Gasteiger partial charge in [-0.1, -0.05) is 18.5 Å². The van der Waals surface area contributed by atoms with Crippen LogP contribution in [-0.4, -0.2) is 38.8 Å². The Bertz CT molecular complexity index is 391. The third-order valence-electron chi connectivity index (χ3n) is 3.33. The molecule has 0 amide bonds. The van der Waals surface area contributed by atoms with Crippen molar-refractivity contribution in [1.29, 1.82) is 0 Å². The highest BCUT2D eigenvalue weighted by molar-refractivity contribution is 8.00. The van der Waals surface area contributed by atoms with Crippen molar-refractivity contribution < 1.29 is 0 Å². The lowest BCUT2D eigenvalue weighted by Crippen LogP contribution is -2.37. The number of aromatic nitrogens is 2. The summed E-state index contributed by atoms with van der Waals surface area (Å²) in [4.78, 5) is 2.50. The van der Waals surface area contributed by atoms with Gasteiger partial charge in [0.05, 0.1) is 5.69 Å². The first kappa shape index (κ1) is 13.2. The Balaban J connectivity index is 2.05. The van der Waals surface area contributed by atoms with Gasteiger partial charge in [-0.2, -0.15) is 16.9 Å². The number of nitrogens with zero attached hydrogens (tertiary/aromatic N) is 3. The maximum atomic E-state index is 6.27. The van der Waals surface area contributed by atoms with Gasteiger partial charge in [-0.15, -0.1) is 0 Å². The first-order valence-corrected chi connectivity index (χ1v) is 7.56. The topological polar surface area (TPSA) is 21.1 Å². The minimum absolute atomic E-state index is 0.777. The summed E-state index contributed by atoms with van der Waals surface area (Å²) in [5.74, 6) is 1.23. The van der Waals surface area contributed by atoms with Gasteiger partial charge in [0, 0.05) is 43.2 Å². The Hall–Kier alpha value is -0.190. The molecule has 0 spiro atoms. The summed E-state index contributed by atoms with van der Waals surface area (Å²) in [5.41, 5.74) is 2.25. The Kier molecular flexibility index (Phi) is 4.39. The van der Waals surface area contributed by atoms with Gasteiger partial charge in [-0.05, 0) is 13.3 Å². The van der Waals surface area contributed by atoms with Crippen LogP contribution >= 0.6 is 23.4 Å². The minimum Gasteiger partial charge on any atom is -0.297 e. The molecule has 1 unspecified atom stereocenters. The van der Waals surface area contributed by atoms with Crippen LogP contribution in [-0.2, 0) is 13.6 Å². The Labute approximate surface area is 113 Å². The average molecular weight is 274 g/mol. The normalized spacial score (nSPS) is 22.0. The van der Waals surface area contributed by atoms with Crippen molar-refractivity contribution in [3.05, 3.63) is 16.4 Å². The van der Waals surface area contributed by atoms with Crippen molar-refractivity contribution in [2.24, 2.45) is 7.05 Å². The molecule has 0 N–H and O–H groups in total. The molecule has 1 fully saturated rings.